The summed E-state index contributed by atoms with van der Waals surface area (Å²) < 4.78 is 5.30. The number of ether oxygens (including phenoxy) is 1. The summed E-state index contributed by atoms with van der Waals surface area (Å²) >= 11 is 0. The number of nitrogens with two attached hydrogens (primary N) is 1. The molecule has 0 aliphatic carbocycles. The highest BCUT2D eigenvalue weighted by Crippen LogP contribution is 2.30. The molecule has 0 heterocycles. The number of phenolic OH excluding ortho intramolecular Hbond substituents is 1. The van der Waals surface area contributed by atoms with E-state index in [-0.39, 0.29) is 5.75 Å². The standard InChI is InChI=1S/C18H18N2O3/c1-18(2,3)23-17(22)12-4-5-15(16(20)9-12)13-6-11(10-19)7-14(21)8-13/h4-9,21H,20H2,1-3H3. The van der Waals surface area contributed by atoms with Gasteiger partial charge in [-0.1, -0.05) is 6.07 Å². The smallest absolute Gasteiger partial charge is 0.338 e. The summed E-state index contributed by atoms with van der Waals surface area (Å²) in [6, 6.07) is 11.3. The van der Waals surface area contributed by atoms with Crippen molar-refractivity contribution in [2.75, 3.05) is 5.73 Å². The molecule has 5 heteroatoms. The number of nitrogen functional groups attached to an aromatic ring is 1. The number of nitriles is 1. The molecule has 0 fully saturated rings. The van der Waals surface area contributed by atoms with E-state index < -0.39 is 11.6 Å². The third-order valence-corrected chi connectivity index (χ3v) is 3.04. The highest BCUT2D eigenvalue weighted by atomic mass is 16.6. The second-order valence-corrected chi connectivity index (χ2v) is 6.18. The van der Waals surface area contributed by atoms with Gasteiger partial charge in [-0.05, 0) is 56.7 Å². The van der Waals surface area contributed by atoms with Crippen molar-refractivity contribution in [1.82, 2.24) is 0 Å². The third kappa shape index (κ3) is 4.01. The summed E-state index contributed by atoms with van der Waals surface area (Å²) in [5.74, 6) is -0.473. The monoisotopic (exact) mass is 310 g/mol. The zero-order chi connectivity index (χ0) is 17.2. The van der Waals surface area contributed by atoms with Crippen LogP contribution < -0.4 is 5.73 Å². The number of anilines is 1. The maximum absolute atomic E-state index is 12.1. The fourth-order valence-corrected chi connectivity index (χ4v) is 2.12. The van der Waals surface area contributed by atoms with E-state index in [4.69, 9.17) is 15.7 Å². The molecule has 0 aromatic heterocycles. The van der Waals surface area contributed by atoms with Crippen LogP contribution in [0.5, 0.6) is 5.75 Å². The number of benzene rings is 2. The van der Waals surface area contributed by atoms with Crippen molar-refractivity contribution in [2.24, 2.45) is 0 Å². The Hall–Kier alpha value is -3.00. The number of hydrogen-bond donors (Lipinski definition) is 2. The molecular weight excluding hydrogens is 292 g/mol. The van der Waals surface area contributed by atoms with Gasteiger partial charge in [-0.2, -0.15) is 5.26 Å². The molecule has 0 saturated carbocycles. The van der Waals surface area contributed by atoms with Crippen LogP contribution in [0.15, 0.2) is 36.4 Å². The summed E-state index contributed by atoms with van der Waals surface area (Å²) in [5, 5.41) is 18.7. The molecule has 3 N–H and O–H groups in total. The van der Waals surface area contributed by atoms with E-state index in [9.17, 15) is 9.90 Å². The van der Waals surface area contributed by atoms with E-state index in [2.05, 4.69) is 0 Å². The summed E-state index contributed by atoms with van der Waals surface area (Å²) in [7, 11) is 0. The molecule has 0 unspecified atom stereocenters. The highest BCUT2D eigenvalue weighted by Gasteiger charge is 2.18. The zero-order valence-corrected chi connectivity index (χ0v) is 13.3. The Kier molecular flexibility index (Phi) is 4.28. The van der Waals surface area contributed by atoms with Crippen LogP contribution in [0.3, 0.4) is 0 Å². The Bertz CT molecular complexity index is 799. The Morgan fingerprint density at radius 3 is 2.48 bits per heavy atom. The van der Waals surface area contributed by atoms with Gasteiger partial charge >= 0.3 is 5.97 Å². The topological polar surface area (TPSA) is 96.3 Å². The van der Waals surface area contributed by atoms with Crippen molar-refractivity contribution in [3.8, 4) is 22.9 Å². The molecule has 0 atom stereocenters. The molecule has 2 rings (SSSR count). The van der Waals surface area contributed by atoms with Crippen molar-refractivity contribution in [1.29, 1.82) is 5.26 Å². The van der Waals surface area contributed by atoms with Crippen LogP contribution in [0.4, 0.5) is 5.69 Å². The van der Waals surface area contributed by atoms with Crippen molar-refractivity contribution in [2.45, 2.75) is 26.4 Å². The third-order valence-electron chi connectivity index (χ3n) is 3.04. The molecule has 23 heavy (non-hydrogen) atoms. The largest absolute Gasteiger partial charge is 0.508 e. The summed E-state index contributed by atoms with van der Waals surface area (Å²) in [4.78, 5) is 12.1. The van der Waals surface area contributed by atoms with Crippen LogP contribution in [0.25, 0.3) is 11.1 Å². The number of hydrogen-bond acceptors (Lipinski definition) is 5. The first kappa shape index (κ1) is 16.4. The number of aromatic hydroxyl groups is 1. The van der Waals surface area contributed by atoms with Gasteiger partial charge in [0.2, 0.25) is 0 Å². The van der Waals surface area contributed by atoms with Gasteiger partial charge in [-0.3, -0.25) is 0 Å². The molecule has 118 valence electrons. The molecule has 0 amide bonds. The van der Waals surface area contributed by atoms with Gasteiger partial charge in [0.05, 0.1) is 17.2 Å². The van der Waals surface area contributed by atoms with Crippen LogP contribution in [0, 0.1) is 11.3 Å². The fourth-order valence-electron chi connectivity index (χ4n) is 2.12. The van der Waals surface area contributed by atoms with Gasteiger partial charge in [0, 0.05) is 11.3 Å². The van der Waals surface area contributed by atoms with Crippen molar-refractivity contribution < 1.29 is 14.6 Å². The minimum Gasteiger partial charge on any atom is -0.508 e. The fraction of sp³-hybridized carbons (Fsp3) is 0.222. The first-order valence-corrected chi connectivity index (χ1v) is 7.07. The second kappa shape index (κ2) is 6.01. The lowest BCUT2D eigenvalue weighted by atomic mass is 9.99. The zero-order valence-electron chi connectivity index (χ0n) is 13.3. The summed E-state index contributed by atoms with van der Waals surface area (Å²) in [6.45, 7) is 5.37. The summed E-state index contributed by atoms with van der Waals surface area (Å²) in [6.07, 6.45) is 0. The Morgan fingerprint density at radius 2 is 1.91 bits per heavy atom. The van der Waals surface area contributed by atoms with Gasteiger partial charge < -0.3 is 15.6 Å². The van der Waals surface area contributed by atoms with Crippen molar-refractivity contribution in [3.05, 3.63) is 47.5 Å². The van der Waals surface area contributed by atoms with Crippen molar-refractivity contribution in [3.63, 3.8) is 0 Å². The highest BCUT2D eigenvalue weighted by molar-refractivity contribution is 5.93. The molecule has 0 saturated heterocycles. The number of carbonyl (C=O) groups excluding carboxylic acids is 1. The number of phenols is 1. The quantitative estimate of drug-likeness (QED) is 0.654. The minimum absolute atomic E-state index is 0.0188. The van der Waals surface area contributed by atoms with Crippen LogP contribution in [-0.2, 0) is 4.74 Å². The number of esters is 1. The lowest BCUT2D eigenvalue weighted by Crippen LogP contribution is -2.23. The van der Waals surface area contributed by atoms with Crippen LogP contribution in [-0.4, -0.2) is 16.7 Å². The van der Waals surface area contributed by atoms with Gasteiger partial charge in [0.1, 0.15) is 11.4 Å². The van der Waals surface area contributed by atoms with E-state index in [0.717, 1.165) is 0 Å². The molecular formula is C18H18N2O3. The predicted octanol–water partition coefficient (Wildman–Crippen LogP) is 3.47. The number of rotatable bonds is 2. The van der Waals surface area contributed by atoms with Gasteiger partial charge in [-0.15, -0.1) is 0 Å². The first-order valence-electron chi connectivity index (χ1n) is 7.07. The number of nitrogens with zero attached hydrogens (tertiary/aromatic N) is 1. The van der Waals surface area contributed by atoms with E-state index in [1.165, 1.54) is 18.2 Å². The number of carbonyl (C=O) groups is 1. The lowest BCUT2D eigenvalue weighted by Gasteiger charge is -2.19. The molecule has 0 aliphatic heterocycles. The Balaban J connectivity index is 2.39. The van der Waals surface area contributed by atoms with Crippen LogP contribution >= 0.6 is 0 Å². The maximum atomic E-state index is 12.1. The molecule has 0 spiro atoms. The SMILES string of the molecule is CC(C)(C)OC(=O)c1ccc(-c2cc(O)cc(C#N)c2)c(N)c1. The molecule has 0 radical (unpaired) electrons. The van der Waals surface area contributed by atoms with Gasteiger partial charge in [0.15, 0.2) is 0 Å². The first-order chi connectivity index (χ1) is 10.7. The molecule has 0 aliphatic rings. The average molecular weight is 310 g/mol. The van der Waals surface area contributed by atoms with E-state index >= 15 is 0 Å². The Labute approximate surface area is 134 Å². The molecule has 5 nitrogen and oxygen atoms in total. The Morgan fingerprint density at radius 1 is 1.22 bits per heavy atom. The molecule has 0 bridgehead atoms. The lowest BCUT2D eigenvalue weighted by molar-refractivity contribution is 0.00696. The normalized spacial score (nSPS) is 10.9. The predicted molar refractivity (Wildman–Crippen MR) is 87.8 cm³/mol. The van der Waals surface area contributed by atoms with E-state index in [1.807, 2.05) is 6.07 Å². The maximum Gasteiger partial charge on any atom is 0.338 e. The van der Waals surface area contributed by atoms with E-state index in [0.29, 0.717) is 27.9 Å². The molecule has 2 aromatic carbocycles. The van der Waals surface area contributed by atoms with Gasteiger partial charge in [-0.25, -0.2) is 4.79 Å². The second-order valence-electron chi connectivity index (χ2n) is 6.18. The average Bonchev–Trinajstić information content (AvgIpc) is 2.44. The summed E-state index contributed by atoms with van der Waals surface area (Å²) in [5.41, 5.74) is 7.72. The molecule has 2 aromatic rings. The van der Waals surface area contributed by atoms with Crippen molar-refractivity contribution >= 4 is 11.7 Å². The minimum atomic E-state index is -0.586. The van der Waals surface area contributed by atoms with Crippen LogP contribution in [0.1, 0.15) is 36.7 Å². The van der Waals surface area contributed by atoms with E-state index in [1.54, 1.807) is 39.0 Å². The van der Waals surface area contributed by atoms with Gasteiger partial charge in [0.25, 0.3) is 0 Å². The van der Waals surface area contributed by atoms with Crippen LogP contribution in [0.2, 0.25) is 0 Å².